The largest absolute Gasteiger partial charge is 0.454 e. The van der Waals surface area contributed by atoms with Crippen LogP contribution in [0.5, 0.6) is 11.5 Å². The number of ether oxygens (including phenoxy) is 2. The second-order valence-corrected chi connectivity index (χ2v) is 6.08. The second kappa shape index (κ2) is 7.45. The second-order valence-electron chi connectivity index (χ2n) is 5.64. The molecule has 26 heavy (non-hydrogen) atoms. The van der Waals surface area contributed by atoms with Crippen LogP contribution in [0.15, 0.2) is 42.5 Å². The molecule has 0 unspecified atom stereocenters. The van der Waals surface area contributed by atoms with Crippen LogP contribution in [0.3, 0.4) is 0 Å². The molecule has 0 bridgehead atoms. The molecule has 0 aromatic heterocycles. The van der Waals surface area contributed by atoms with Crippen LogP contribution in [0.2, 0.25) is 5.02 Å². The van der Waals surface area contributed by atoms with Gasteiger partial charge in [-0.2, -0.15) is 0 Å². The molecule has 1 aliphatic heterocycles. The van der Waals surface area contributed by atoms with Gasteiger partial charge in [-0.1, -0.05) is 23.7 Å². The summed E-state index contributed by atoms with van der Waals surface area (Å²) >= 11 is 5.95. The van der Waals surface area contributed by atoms with Crippen molar-refractivity contribution in [2.45, 2.75) is 13.0 Å². The Labute approximate surface area is 154 Å². The Morgan fingerprint density at radius 1 is 1.31 bits per heavy atom. The Kier molecular flexibility index (Phi) is 5.09. The summed E-state index contributed by atoms with van der Waals surface area (Å²) in [7, 11) is 0. The molecule has 0 saturated carbocycles. The van der Waals surface area contributed by atoms with E-state index in [1.807, 2.05) is 13.0 Å². The van der Waals surface area contributed by atoms with Crippen molar-refractivity contribution in [1.29, 1.82) is 0 Å². The minimum Gasteiger partial charge on any atom is -0.454 e. The summed E-state index contributed by atoms with van der Waals surface area (Å²) < 4.78 is 10.4. The smallest absolute Gasteiger partial charge is 0.280 e. The first kappa shape index (κ1) is 17.8. The van der Waals surface area contributed by atoms with Gasteiger partial charge in [0.05, 0.1) is 22.6 Å². The Hall–Kier alpha value is -3.06. The number of carbonyl (C=O) groups excluding carboxylic acids is 1. The van der Waals surface area contributed by atoms with E-state index in [4.69, 9.17) is 21.1 Å². The average Bonchev–Trinajstić information content (AvgIpc) is 3.06. The number of hydrogen-bond acceptors (Lipinski definition) is 5. The van der Waals surface area contributed by atoms with Gasteiger partial charge in [-0.25, -0.2) is 0 Å². The van der Waals surface area contributed by atoms with Gasteiger partial charge in [0.1, 0.15) is 0 Å². The first-order valence-electron chi connectivity index (χ1n) is 7.76. The molecule has 1 aliphatic rings. The van der Waals surface area contributed by atoms with Crippen LogP contribution in [0.1, 0.15) is 24.1 Å². The molecule has 134 valence electrons. The fraction of sp³-hybridized carbons (Fsp3) is 0.167. The van der Waals surface area contributed by atoms with Crippen LogP contribution in [0.4, 0.5) is 5.69 Å². The molecule has 1 heterocycles. The predicted octanol–water partition coefficient (Wildman–Crippen LogP) is 3.87. The van der Waals surface area contributed by atoms with Gasteiger partial charge >= 0.3 is 0 Å². The normalized spacial score (nSPS) is 13.6. The molecular weight excluding hydrogens is 360 g/mol. The Morgan fingerprint density at radius 2 is 2.04 bits per heavy atom. The number of carbonyl (C=O) groups is 1. The van der Waals surface area contributed by atoms with Gasteiger partial charge in [-0.3, -0.25) is 14.9 Å². The molecule has 1 amide bonds. The molecule has 8 heteroatoms. The van der Waals surface area contributed by atoms with Gasteiger partial charge in [-0.05, 0) is 36.8 Å². The van der Waals surface area contributed by atoms with Crippen LogP contribution in [0.25, 0.3) is 6.08 Å². The number of nitro benzene ring substituents is 1. The molecule has 0 spiro atoms. The molecule has 2 aromatic rings. The number of nitrogens with zero attached hydrogens (tertiary/aromatic N) is 1. The van der Waals surface area contributed by atoms with Crippen LogP contribution >= 0.6 is 11.6 Å². The van der Waals surface area contributed by atoms with E-state index in [2.05, 4.69) is 5.32 Å². The summed E-state index contributed by atoms with van der Waals surface area (Å²) in [5, 5.41) is 14.6. The first-order valence-corrected chi connectivity index (χ1v) is 8.14. The molecule has 2 aromatic carbocycles. The van der Waals surface area contributed by atoms with Gasteiger partial charge in [0.2, 0.25) is 12.7 Å². The molecule has 3 rings (SSSR count). The van der Waals surface area contributed by atoms with Crippen molar-refractivity contribution in [3.8, 4) is 11.5 Å². The highest BCUT2D eigenvalue weighted by molar-refractivity contribution is 6.30. The standard InChI is InChI=1S/C18H15ClN2O5/c1-11(12-3-2-4-14(19)7-12)20-18(22)6-5-13-8-16-17(26-10-25-16)9-15(13)21(23)24/h2-9,11H,10H2,1H3,(H,20,22)/b6-5+/t11-/m0/s1. The summed E-state index contributed by atoms with van der Waals surface area (Å²) in [6, 6.07) is 9.66. The maximum absolute atomic E-state index is 12.1. The Bertz CT molecular complexity index is 897. The van der Waals surface area contributed by atoms with Crippen molar-refractivity contribution in [3.63, 3.8) is 0 Å². The lowest BCUT2D eigenvalue weighted by atomic mass is 10.1. The van der Waals surface area contributed by atoms with E-state index < -0.39 is 4.92 Å². The summed E-state index contributed by atoms with van der Waals surface area (Å²) in [6.45, 7) is 1.83. The number of hydrogen-bond donors (Lipinski definition) is 1. The van der Waals surface area contributed by atoms with E-state index in [1.54, 1.807) is 18.2 Å². The van der Waals surface area contributed by atoms with Gasteiger partial charge in [0.15, 0.2) is 11.5 Å². The third-order valence-corrected chi connectivity index (χ3v) is 4.08. The number of nitro groups is 1. The molecule has 0 radical (unpaired) electrons. The minimum absolute atomic E-state index is 0.0112. The number of rotatable bonds is 5. The number of benzene rings is 2. The highest BCUT2D eigenvalue weighted by atomic mass is 35.5. The molecule has 0 aliphatic carbocycles. The van der Waals surface area contributed by atoms with Crippen LogP contribution in [0, 0.1) is 10.1 Å². The third-order valence-electron chi connectivity index (χ3n) is 3.84. The lowest BCUT2D eigenvalue weighted by molar-refractivity contribution is -0.385. The minimum atomic E-state index is -0.534. The number of amides is 1. The average molecular weight is 375 g/mol. The van der Waals surface area contributed by atoms with Gasteiger partial charge < -0.3 is 14.8 Å². The lowest BCUT2D eigenvalue weighted by Crippen LogP contribution is -2.24. The summed E-state index contributed by atoms with van der Waals surface area (Å²) in [5.41, 5.74) is 0.944. The number of fused-ring (bicyclic) bond motifs is 1. The fourth-order valence-electron chi connectivity index (χ4n) is 2.52. The molecule has 0 fully saturated rings. The number of nitrogens with one attached hydrogen (secondary N) is 1. The summed E-state index contributed by atoms with van der Waals surface area (Å²) in [4.78, 5) is 22.8. The van der Waals surface area contributed by atoms with E-state index in [9.17, 15) is 14.9 Å². The zero-order chi connectivity index (χ0) is 18.7. The SMILES string of the molecule is C[C@H](NC(=O)/C=C/c1cc2c(cc1[N+](=O)[O-])OCO2)c1cccc(Cl)c1. The Morgan fingerprint density at radius 3 is 2.73 bits per heavy atom. The van der Waals surface area contributed by atoms with Gasteiger partial charge in [0, 0.05) is 11.1 Å². The zero-order valence-corrected chi connectivity index (χ0v) is 14.5. The summed E-state index contributed by atoms with van der Waals surface area (Å²) in [6.07, 6.45) is 2.62. The monoisotopic (exact) mass is 374 g/mol. The van der Waals surface area contributed by atoms with Crippen molar-refractivity contribution in [2.75, 3.05) is 6.79 Å². The van der Waals surface area contributed by atoms with Gasteiger partial charge in [-0.15, -0.1) is 0 Å². The lowest BCUT2D eigenvalue weighted by Gasteiger charge is -2.13. The molecule has 1 atom stereocenters. The highest BCUT2D eigenvalue weighted by Crippen LogP contribution is 2.38. The quantitative estimate of drug-likeness (QED) is 0.487. The topological polar surface area (TPSA) is 90.7 Å². The molecule has 7 nitrogen and oxygen atoms in total. The van der Waals surface area contributed by atoms with Crippen LogP contribution < -0.4 is 14.8 Å². The summed E-state index contributed by atoms with van der Waals surface area (Å²) in [5.74, 6) is 0.334. The van der Waals surface area contributed by atoms with Crippen molar-refractivity contribution >= 4 is 29.3 Å². The predicted molar refractivity (Wildman–Crippen MR) is 96.3 cm³/mol. The Balaban J connectivity index is 1.75. The maximum Gasteiger partial charge on any atom is 0.280 e. The third kappa shape index (κ3) is 3.94. The molecule has 1 N–H and O–H groups in total. The van der Waals surface area contributed by atoms with E-state index in [-0.39, 0.29) is 30.0 Å². The maximum atomic E-state index is 12.1. The van der Waals surface area contributed by atoms with Crippen molar-refractivity contribution < 1.29 is 19.2 Å². The van der Waals surface area contributed by atoms with Crippen molar-refractivity contribution in [2.24, 2.45) is 0 Å². The molecule has 0 saturated heterocycles. The van der Waals surface area contributed by atoms with E-state index in [0.29, 0.717) is 16.5 Å². The zero-order valence-electron chi connectivity index (χ0n) is 13.8. The van der Waals surface area contributed by atoms with Crippen LogP contribution in [-0.4, -0.2) is 17.6 Å². The van der Waals surface area contributed by atoms with E-state index in [0.717, 1.165) is 5.56 Å². The fourth-order valence-corrected chi connectivity index (χ4v) is 2.72. The molecular formula is C18H15ClN2O5. The highest BCUT2D eigenvalue weighted by Gasteiger charge is 2.22. The van der Waals surface area contributed by atoms with Crippen molar-refractivity contribution in [3.05, 3.63) is 68.7 Å². The number of halogens is 1. The van der Waals surface area contributed by atoms with Crippen LogP contribution in [-0.2, 0) is 4.79 Å². The van der Waals surface area contributed by atoms with Crippen molar-refractivity contribution in [1.82, 2.24) is 5.32 Å². The van der Waals surface area contributed by atoms with Gasteiger partial charge in [0.25, 0.3) is 5.69 Å². The van der Waals surface area contributed by atoms with E-state index in [1.165, 1.54) is 24.3 Å². The van der Waals surface area contributed by atoms with E-state index >= 15 is 0 Å². The first-order chi connectivity index (χ1) is 12.4.